The van der Waals surface area contributed by atoms with Crippen molar-refractivity contribution in [1.82, 2.24) is 19.7 Å². The molecule has 3 aromatic heterocycles. The number of nitrogens with one attached hydrogen (secondary N) is 2. The van der Waals surface area contributed by atoms with E-state index in [-0.39, 0.29) is 5.69 Å². The standard InChI is InChI=1S/C13H12N4OS/c18-13-16-9-3-4-14-6-8(9)12-15-10(7-17(12)13)11-2-1-5-19-11/h1-2,5,7,14H,3-4,6H2,(H,16,18). The Labute approximate surface area is 112 Å². The maximum absolute atomic E-state index is 12.1. The molecule has 0 aliphatic carbocycles. The van der Waals surface area contributed by atoms with Gasteiger partial charge in [0.15, 0.2) is 0 Å². The first-order chi connectivity index (χ1) is 9.33. The monoisotopic (exact) mass is 272 g/mol. The lowest BCUT2D eigenvalue weighted by molar-refractivity contribution is 0.624. The van der Waals surface area contributed by atoms with Crippen LogP contribution in [0.1, 0.15) is 11.3 Å². The fourth-order valence-corrected chi connectivity index (χ4v) is 3.20. The van der Waals surface area contributed by atoms with Gasteiger partial charge in [-0.2, -0.15) is 0 Å². The lowest BCUT2D eigenvalue weighted by atomic mass is 10.1. The molecule has 1 aliphatic heterocycles. The second kappa shape index (κ2) is 4.04. The van der Waals surface area contributed by atoms with Crippen molar-refractivity contribution in [3.8, 4) is 10.6 Å². The fourth-order valence-electron chi connectivity index (χ4n) is 2.52. The molecule has 3 aromatic rings. The van der Waals surface area contributed by atoms with Gasteiger partial charge in [0.1, 0.15) is 5.65 Å². The van der Waals surface area contributed by atoms with Gasteiger partial charge in [0, 0.05) is 37.0 Å². The largest absolute Gasteiger partial charge is 0.331 e. The molecular weight excluding hydrogens is 260 g/mol. The van der Waals surface area contributed by atoms with Gasteiger partial charge >= 0.3 is 5.69 Å². The van der Waals surface area contributed by atoms with E-state index in [0.29, 0.717) is 0 Å². The van der Waals surface area contributed by atoms with Crippen LogP contribution in [0.3, 0.4) is 0 Å². The quantitative estimate of drug-likeness (QED) is 0.704. The summed E-state index contributed by atoms with van der Waals surface area (Å²) in [5.41, 5.74) is 3.65. The normalized spacial score (nSPS) is 14.7. The summed E-state index contributed by atoms with van der Waals surface area (Å²) in [6.07, 6.45) is 2.66. The Balaban J connectivity index is 2.02. The van der Waals surface area contributed by atoms with E-state index in [2.05, 4.69) is 15.3 Å². The molecule has 0 unspecified atom stereocenters. The number of hydrogen-bond donors (Lipinski definition) is 2. The smallest absolute Gasteiger partial charge is 0.312 e. The zero-order valence-electron chi connectivity index (χ0n) is 10.1. The Kier molecular flexibility index (Phi) is 2.33. The number of aromatic amines is 1. The number of imidazole rings is 1. The number of rotatable bonds is 1. The van der Waals surface area contributed by atoms with Gasteiger partial charge in [-0.15, -0.1) is 11.3 Å². The van der Waals surface area contributed by atoms with E-state index in [1.807, 2.05) is 23.7 Å². The van der Waals surface area contributed by atoms with Gasteiger partial charge in [0.25, 0.3) is 0 Å². The summed E-state index contributed by atoms with van der Waals surface area (Å²) < 4.78 is 1.61. The maximum atomic E-state index is 12.1. The van der Waals surface area contributed by atoms with Gasteiger partial charge in [-0.3, -0.25) is 4.40 Å². The highest BCUT2D eigenvalue weighted by molar-refractivity contribution is 7.13. The van der Waals surface area contributed by atoms with E-state index in [9.17, 15) is 4.79 Å². The summed E-state index contributed by atoms with van der Waals surface area (Å²) >= 11 is 1.63. The first kappa shape index (κ1) is 11.0. The van der Waals surface area contributed by atoms with Crippen molar-refractivity contribution < 1.29 is 0 Å². The van der Waals surface area contributed by atoms with Crippen LogP contribution in [0.25, 0.3) is 16.2 Å². The summed E-state index contributed by atoms with van der Waals surface area (Å²) in [6.45, 7) is 1.66. The van der Waals surface area contributed by atoms with Gasteiger partial charge in [0.2, 0.25) is 0 Å². The lowest BCUT2D eigenvalue weighted by Crippen LogP contribution is -2.29. The average molecular weight is 272 g/mol. The van der Waals surface area contributed by atoms with Crippen molar-refractivity contribution >= 4 is 17.0 Å². The van der Waals surface area contributed by atoms with Crippen molar-refractivity contribution in [2.24, 2.45) is 0 Å². The SMILES string of the molecule is O=c1[nH]c2c(c3nc(-c4cccs4)cn13)CNCC2. The van der Waals surface area contributed by atoms with Crippen LogP contribution in [0, 0.1) is 0 Å². The van der Waals surface area contributed by atoms with E-state index >= 15 is 0 Å². The fraction of sp³-hybridized carbons (Fsp3) is 0.231. The molecule has 0 fully saturated rings. The van der Waals surface area contributed by atoms with Crippen LogP contribution >= 0.6 is 11.3 Å². The number of aromatic nitrogens is 3. The first-order valence-corrected chi connectivity index (χ1v) is 7.08. The molecule has 6 heteroatoms. The maximum Gasteiger partial charge on any atom is 0.331 e. The van der Waals surface area contributed by atoms with Crippen LogP contribution in [0.5, 0.6) is 0 Å². The number of fused-ring (bicyclic) bond motifs is 3. The molecule has 4 heterocycles. The zero-order chi connectivity index (χ0) is 12.8. The Morgan fingerprint density at radius 3 is 3.21 bits per heavy atom. The minimum absolute atomic E-state index is 0.106. The predicted molar refractivity (Wildman–Crippen MR) is 74.5 cm³/mol. The van der Waals surface area contributed by atoms with E-state index in [0.717, 1.165) is 47.0 Å². The molecule has 5 nitrogen and oxygen atoms in total. The second-order valence-corrected chi connectivity index (χ2v) is 5.56. The van der Waals surface area contributed by atoms with Crippen LogP contribution in [-0.2, 0) is 13.0 Å². The van der Waals surface area contributed by atoms with Crippen molar-refractivity contribution in [3.63, 3.8) is 0 Å². The molecule has 0 spiro atoms. The molecule has 0 saturated heterocycles. The van der Waals surface area contributed by atoms with Gasteiger partial charge in [-0.05, 0) is 11.4 Å². The summed E-state index contributed by atoms with van der Waals surface area (Å²) in [4.78, 5) is 20.8. The van der Waals surface area contributed by atoms with Crippen LogP contribution in [0.15, 0.2) is 28.5 Å². The highest BCUT2D eigenvalue weighted by atomic mass is 32.1. The third-order valence-electron chi connectivity index (χ3n) is 3.44. The predicted octanol–water partition coefficient (Wildman–Crippen LogP) is 1.40. The van der Waals surface area contributed by atoms with Gasteiger partial charge in [-0.1, -0.05) is 6.07 Å². The number of hydrogen-bond acceptors (Lipinski definition) is 4. The van der Waals surface area contributed by atoms with Crippen molar-refractivity contribution in [3.05, 3.63) is 45.5 Å². The third-order valence-corrected chi connectivity index (χ3v) is 4.34. The van der Waals surface area contributed by atoms with E-state index in [1.165, 1.54) is 0 Å². The molecular formula is C13H12N4OS. The van der Waals surface area contributed by atoms with E-state index in [4.69, 9.17) is 0 Å². The first-order valence-electron chi connectivity index (χ1n) is 6.20. The number of nitrogens with zero attached hydrogens (tertiary/aromatic N) is 2. The second-order valence-electron chi connectivity index (χ2n) is 4.61. The third kappa shape index (κ3) is 1.64. The molecule has 4 rings (SSSR count). The Bertz CT molecular complexity index is 800. The van der Waals surface area contributed by atoms with Crippen LogP contribution in [0.4, 0.5) is 0 Å². The average Bonchev–Trinajstić information content (AvgIpc) is 3.08. The van der Waals surface area contributed by atoms with Crippen LogP contribution < -0.4 is 11.0 Å². The Morgan fingerprint density at radius 2 is 2.37 bits per heavy atom. The molecule has 0 saturated carbocycles. The molecule has 96 valence electrons. The van der Waals surface area contributed by atoms with Crippen molar-refractivity contribution in [1.29, 1.82) is 0 Å². The number of thiophene rings is 1. The molecule has 1 aliphatic rings. The van der Waals surface area contributed by atoms with Gasteiger partial charge in [-0.25, -0.2) is 9.78 Å². The molecule has 19 heavy (non-hydrogen) atoms. The Morgan fingerprint density at radius 1 is 1.42 bits per heavy atom. The molecule has 0 radical (unpaired) electrons. The minimum atomic E-state index is -0.106. The lowest BCUT2D eigenvalue weighted by Gasteiger charge is -2.16. The van der Waals surface area contributed by atoms with Gasteiger partial charge in [0.05, 0.1) is 10.6 Å². The topological polar surface area (TPSA) is 62.2 Å². The highest BCUT2D eigenvalue weighted by Crippen LogP contribution is 2.25. The molecule has 0 aromatic carbocycles. The Hall–Kier alpha value is -1.92. The minimum Gasteiger partial charge on any atom is -0.312 e. The summed E-state index contributed by atoms with van der Waals surface area (Å²) in [7, 11) is 0. The van der Waals surface area contributed by atoms with Gasteiger partial charge < -0.3 is 10.3 Å². The molecule has 0 bridgehead atoms. The highest BCUT2D eigenvalue weighted by Gasteiger charge is 2.17. The van der Waals surface area contributed by atoms with Crippen molar-refractivity contribution in [2.75, 3.05) is 6.54 Å². The zero-order valence-corrected chi connectivity index (χ0v) is 11.0. The summed E-state index contributed by atoms with van der Waals surface area (Å²) in [5.74, 6) is 0. The molecule has 2 N–H and O–H groups in total. The van der Waals surface area contributed by atoms with Crippen molar-refractivity contribution in [2.45, 2.75) is 13.0 Å². The van der Waals surface area contributed by atoms with Crippen LogP contribution in [0.2, 0.25) is 0 Å². The van der Waals surface area contributed by atoms with E-state index < -0.39 is 0 Å². The molecule has 0 atom stereocenters. The molecule has 0 amide bonds. The summed E-state index contributed by atoms with van der Waals surface area (Å²) in [5, 5.41) is 5.34. The number of H-pyrrole nitrogens is 1. The summed E-state index contributed by atoms with van der Waals surface area (Å²) in [6, 6.07) is 4.01. The van der Waals surface area contributed by atoms with E-state index in [1.54, 1.807) is 15.7 Å². The van der Waals surface area contributed by atoms with Crippen LogP contribution in [-0.4, -0.2) is 20.9 Å².